The van der Waals surface area contributed by atoms with Crippen molar-refractivity contribution in [1.29, 1.82) is 0 Å². The molecule has 0 fully saturated rings. The molecule has 2 heterocycles. The lowest BCUT2D eigenvalue weighted by Crippen LogP contribution is -2.09. The second kappa shape index (κ2) is 2.86. The lowest BCUT2D eigenvalue weighted by Gasteiger charge is -1.94. The number of fused-ring (bicyclic) bond motifs is 1. The Hall–Kier alpha value is -1.34. The quantitative estimate of drug-likeness (QED) is 0.570. The summed E-state index contributed by atoms with van der Waals surface area (Å²) in [6, 6.07) is 0. The summed E-state index contributed by atoms with van der Waals surface area (Å²) in [6.07, 6.45) is 1.40. The minimum absolute atomic E-state index is 0.259. The zero-order valence-electron chi connectivity index (χ0n) is 6.25. The lowest BCUT2D eigenvalue weighted by atomic mass is 10.4. The van der Waals surface area contributed by atoms with E-state index in [0.717, 1.165) is 0 Å². The molecule has 0 unspecified atom stereocenters. The van der Waals surface area contributed by atoms with Gasteiger partial charge in [-0.15, -0.1) is 0 Å². The van der Waals surface area contributed by atoms with Crippen molar-refractivity contribution in [2.75, 3.05) is 0 Å². The Bertz CT molecular complexity index is 617. The van der Waals surface area contributed by atoms with E-state index in [9.17, 15) is 4.79 Å². The third-order valence-corrected chi connectivity index (χ3v) is 1.93. The normalized spacial score (nSPS) is 10.5. The van der Waals surface area contributed by atoms with E-state index in [-0.39, 0.29) is 10.3 Å². The summed E-state index contributed by atoms with van der Waals surface area (Å²) >= 11 is 9.58. The van der Waals surface area contributed by atoms with E-state index in [2.05, 4.69) is 19.9 Å². The number of hydrogen-bond acceptors (Lipinski definition) is 4. The Morgan fingerprint density at radius 2 is 2.00 bits per heavy atom. The van der Waals surface area contributed by atoms with Gasteiger partial charge in [-0.05, 0) is 24.4 Å². The Labute approximate surface area is 81.9 Å². The standard InChI is InChI=1S/C6H4N4OS2/c11-4-2-1-7-5(12)8-3(2)9-6(13)10-4/h1H,(H3,7,8,9,10,11,12,13). The Balaban J connectivity index is 3.12. The van der Waals surface area contributed by atoms with Crippen molar-refractivity contribution in [3.63, 3.8) is 0 Å². The Kier molecular flexibility index (Phi) is 1.82. The molecule has 0 amide bonds. The fourth-order valence-corrected chi connectivity index (χ4v) is 1.33. The minimum atomic E-state index is -0.280. The summed E-state index contributed by atoms with van der Waals surface area (Å²) in [7, 11) is 0. The van der Waals surface area contributed by atoms with Crippen molar-refractivity contribution >= 4 is 35.5 Å². The molecule has 13 heavy (non-hydrogen) atoms. The fraction of sp³-hybridized carbons (Fsp3) is 0. The van der Waals surface area contributed by atoms with Crippen molar-refractivity contribution < 1.29 is 0 Å². The molecular weight excluding hydrogens is 208 g/mol. The van der Waals surface area contributed by atoms with Crippen molar-refractivity contribution in [2.24, 2.45) is 0 Å². The first-order valence-corrected chi connectivity index (χ1v) is 4.20. The van der Waals surface area contributed by atoms with Gasteiger partial charge in [-0.25, -0.2) is 4.98 Å². The Morgan fingerprint density at radius 1 is 1.23 bits per heavy atom. The molecule has 3 N–H and O–H groups in total. The van der Waals surface area contributed by atoms with Gasteiger partial charge in [0.25, 0.3) is 5.56 Å². The van der Waals surface area contributed by atoms with Crippen molar-refractivity contribution in [3.8, 4) is 0 Å². The van der Waals surface area contributed by atoms with Crippen molar-refractivity contribution in [2.45, 2.75) is 0 Å². The van der Waals surface area contributed by atoms with Gasteiger partial charge >= 0.3 is 0 Å². The van der Waals surface area contributed by atoms with Crippen LogP contribution < -0.4 is 5.56 Å². The molecule has 0 spiro atoms. The zero-order valence-corrected chi connectivity index (χ0v) is 7.88. The molecule has 0 atom stereocenters. The molecule has 0 radical (unpaired) electrons. The first kappa shape index (κ1) is 8.27. The van der Waals surface area contributed by atoms with Gasteiger partial charge in [0.05, 0.1) is 5.39 Å². The molecule has 0 saturated heterocycles. The second-order valence-corrected chi connectivity index (χ2v) is 3.18. The highest BCUT2D eigenvalue weighted by Crippen LogP contribution is 1.98. The molecule has 7 heteroatoms. The van der Waals surface area contributed by atoms with E-state index in [1.54, 1.807) is 0 Å². The van der Waals surface area contributed by atoms with Gasteiger partial charge in [-0.1, -0.05) is 0 Å². The van der Waals surface area contributed by atoms with Crippen LogP contribution in [0.5, 0.6) is 0 Å². The van der Waals surface area contributed by atoms with E-state index < -0.39 is 0 Å². The number of hydrogen-bond donors (Lipinski definition) is 3. The van der Waals surface area contributed by atoms with Crippen LogP contribution in [0.4, 0.5) is 0 Å². The molecule has 66 valence electrons. The van der Waals surface area contributed by atoms with Crippen LogP contribution in [-0.2, 0) is 0 Å². The third-order valence-electron chi connectivity index (χ3n) is 1.52. The van der Waals surface area contributed by atoms with Crippen LogP contribution in [0.3, 0.4) is 0 Å². The van der Waals surface area contributed by atoms with Gasteiger partial charge in [0.1, 0.15) is 5.65 Å². The van der Waals surface area contributed by atoms with Crippen LogP contribution in [0.25, 0.3) is 11.0 Å². The fourth-order valence-electron chi connectivity index (χ4n) is 0.980. The zero-order chi connectivity index (χ0) is 9.42. The summed E-state index contributed by atoms with van der Waals surface area (Å²) in [5, 5.41) is 0.405. The summed E-state index contributed by atoms with van der Waals surface area (Å²) in [5.41, 5.74) is 0.214. The van der Waals surface area contributed by atoms with Gasteiger partial charge in [-0.3, -0.25) is 9.78 Å². The number of H-pyrrole nitrogens is 3. The minimum Gasteiger partial charge on any atom is -0.318 e. The van der Waals surface area contributed by atoms with Crippen molar-refractivity contribution in [3.05, 3.63) is 26.1 Å². The maximum atomic E-state index is 11.3. The van der Waals surface area contributed by atoms with Crippen LogP contribution >= 0.6 is 24.4 Å². The maximum Gasteiger partial charge on any atom is 0.262 e. The van der Waals surface area contributed by atoms with Gasteiger partial charge in [0.15, 0.2) is 9.54 Å². The summed E-state index contributed by atoms with van der Waals surface area (Å²) in [5.74, 6) is 0. The van der Waals surface area contributed by atoms with E-state index in [1.165, 1.54) is 6.20 Å². The predicted octanol–water partition coefficient (Wildman–Crippen LogP) is 1.04. The van der Waals surface area contributed by atoms with E-state index in [0.29, 0.717) is 15.8 Å². The molecule has 2 rings (SSSR count). The van der Waals surface area contributed by atoms with Crippen LogP contribution in [0.2, 0.25) is 0 Å². The first-order chi connectivity index (χ1) is 6.16. The second-order valence-electron chi connectivity index (χ2n) is 2.39. The highest BCUT2D eigenvalue weighted by molar-refractivity contribution is 7.71. The number of nitrogens with one attached hydrogen (secondary N) is 3. The number of aromatic amines is 3. The number of aromatic nitrogens is 4. The van der Waals surface area contributed by atoms with Crippen LogP contribution in [-0.4, -0.2) is 19.9 Å². The molecule has 2 aromatic rings. The van der Waals surface area contributed by atoms with Crippen LogP contribution in [0.15, 0.2) is 11.0 Å². The van der Waals surface area contributed by atoms with Gasteiger partial charge in [0.2, 0.25) is 0 Å². The van der Waals surface area contributed by atoms with Crippen molar-refractivity contribution in [1.82, 2.24) is 19.9 Å². The average molecular weight is 212 g/mol. The smallest absolute Gasteiger partial charge is 0.262 e. The molecule has 5 nitrogen and oxygen atoms in total. The summed E-state index contributed by atoms with van der Waals surface area (Å²) < 4.78 is 0.568. The average Bonchev–Trinajstić information content (AvgIpc) is 2.02. The molecule has 0 aliphatic heterocycles. The number of rotatable bonds is 0. The van der Waals surface area contributed by atoms with Crippen LogP contribution in [0.1, 0.15) is 0 Å². The van der Waals surface area contributed by atoms with Gasteiger partial charge in [-0.2, -0.15) is 0 Å². The summed E-state index contributed by atoms with van der Waals surface area (Å²) in [4.78, 5) is 23.0. The Morgan fingerprint density at radius 3 is 2.77 bits per heavy atom. The largest absolute Gasteiger partial charge is 0.318 e. The number of nitrogens with zero attached hydrogens (tertiary/aromatic N) is 1. The monoisotopic (exact) mass is 212 g/mol. The molecule has 0 aliphatic carbocycles. The lowest BCUT2D eigenvalue weighted by molar-refractivity contribution is 1.08. The third kappa shape index (κ3) is 1.43. The predicted molar refractivity (Wildman–Crippen MR) is 52.7 cm³/mol. The molecule has 0 aromatic carbocycles. The maximum absolute atomic E-state index is 11.3. The van der Waals surface area contributed by atoms with Gasteiger partial charge < -0.3 is 9.97 Å². The molecular formula is C6H4N4OS2. The molecule has 0 saturated carbocycles. The van der Waals surface area contributed by atoms with E-state index in [1.807, 2.05) is 0 Å². The topological polar surface area (TPSA) is 77.3 Å². The molecule has 2 aromatic heterocycles. The van der Waals surface area contributed by atoms with Gasteiger partial charge in [0, 0.05) is 6.20 Å². The van der Waals surface area contributed by atoms with Crippen LogP contribution in [0, 0.1) is 9.54 Å². The first-order valence-electron chi connectivity index (χ1n) is 3.38. The van der Waals surface area contributed by atoms with E-state index in [4.69, 9.17) is 24.4 Å². The van der Waals surface area contributed by atoms with E-state index >= 15 is 0 Å². The highest BCUT2D eigenvalue weighted by Gasteiger charge is 1.97. The summed E-state index contributed by atoms with van der Waals surface area (Å²) in [6.45, 7) is 0. The SMILES string of the molecule is O=c1[nH]c(=S)[nH]c2[nH]c(=S)ncc12. The highest BCUT2D eigenvalue weighted by atomic mass is 32.1. The molecule has 0 aliphatic rings. The molecule has 0 bridgehead atoms.